The van der Waals surface area contributed by atoms with Gasteiger partial charge in [0.05, 0.1) is 16.4 Å². The molecule has 158 valence electrons. The van der Waals surface area contributed by atoms with Crippen molar-refractivity contribution in [3.8, 4) is 5.69 Å². The highest BCUT2D eigenvalue weighted by Gasteiger charge is 2.28. The number of rotatable bonds is 4. The second-order valence-electron chi connectivity index (χ2n) is 7.78. The first kappa shape index (κ1) is 19.8. The van der Waals surface area contributed by atoms with E-state index < -0.39 is 0 Å². The molecule has 0 saturated carbocycles. The van der Waals surface area contributed by atoms with E-state index >= 15 is 0 Å². The Hall–Kier alpha value is -3.19. The molecule has 0 unspecified atom stereocenters. The Balaban J connectivity index is 1.41. The zero-order valence-corrected chi connectivity index (χ0v) is 17.5. The van der Waals surface area contributed by atoms with Crippen LogP contribution in [0.25, 0.3) is 5.69 Å². The van der Waals surface area contributed by atoms with E-state index in [2.05, 4.69) is 10.4 Å². The molecule has 31 heavy (non-hydrogen) atoms. The van der Waals surface area contributed by atoms with E-state index in [1.807, 2.05) is 0 Å². The minimum Gasteiger partial charge on any atom is -0.321 e. The number of fused-ring (bicyclic) bond motifs is 1. The lowest BCUT2D eigenvalue weighted by molar-refractivity contribution is -0.117. The van der Waals surface area contributed by atoms with Crippen molar-refractivity contribution in [2.75, 3.05) is 16.8 Å². The SMILES string of the molecule is O=C(Nc1ccc(N2CCCC2=O)c(Cl)c1)c1nn(-c2ccc(F)cc2)c2c1CCC2. The van der Waals surface area contributed by atoms with Crippen LogP contribution in [0, 0.1) is 5.82 Å². The molecule has 2 aromatic carbocycles. The molecule has 1 aromatic heterocycles. The van der Waals surface area contributed by atoms with Gasteiger partial charge in [0.25, 0.3) is 5.91 Å². The number of hydrogen-bond donors (Lipinski definition) is 1. The predicted octanol–water partition coefficient (Wildman–Crippen LogP) is 4.53. The zero-order valence-electron chi connectivity index (χ0n) is 16.7. The Morgan fingerprint density at radius 2 is 1.87 bits per heavy atom. The summed E-state index contributed by atoms with van der Waals surface area (Å²) in [6, 6.07) is 11.2. The summed E-state index contributed by atoms with van der Waals surface area (Å²) in [5.41, 5.74) is 4.19. The van der Waals surface area contributed by atoms with Crippen LogP contribution < -0.4 is 10.2 Å². The number of halogens is 2. The minimum absolute atomic E-state index is 0.0561. The number of hydrogen-bond acceptors (Lipinski definition) is 3. The number of carbonyl (C=O) groups excluding carboxylic acids is 2. The highest BCUT2D eigenvalue weighted by molar-refractivity contribution is 6.34. The van der Waals surface area contributed by atoms with Crippen LogP contribution in [-0.2, 0) is 17.6 Å². The lowest BCUT2D eigenvalue weighted by Gasteiger charge is -2.18. The van der Waals surface area contributed by atoms with Crippen molar-refractivity contribution in [2.45, 2.75) is 32.1 Å². The molecule has 1 saturated heterocycles. The van der Waals surface area contributed by atoms with E-state index in [1.165, 1.54) is 12.1 Å². The molecule has 0 bridgehead atoms. The summed E-state index contributed by atoms with van der Waals surface area (Å²) in [4.78, 5) is 26.7. The average molecular weight is 439 g/mol. The van der Waals surface area contributed by atoms with Crippen LogP contribution in [0.5, 0.6) is 0 Å². The van der Waals surface area contributed by atoms with Gasteiger partial charge in [0.1, 0.15) is 5.82 Å². The largest absolute Gasteiger partial charge is 0.321 e. The zero-order chi connectivity index (χ0) is 21.5. The number of benzene rings is 2. The van der Waals surface area contributed by atoms with Crippen LogP contribution in [0.2, 0.25) is 5.02 Å². The summed E-state index contributed by atoms with van der Waals surface area (Å²) in [6.45, 7) is 0.650. The van der Waals surface area contributed by atoms with Crippen molar-refractivity contribution in [2.24, 2.45) is 0 Å². The van der Waals surface area contributed by atoms with Crippen LogP contribution in [0.1, 0.15) is 41.0 Å². The van der Waals surface area contributed by atoms with Crippen LogP contribution in [0.4, 0.5) is 15.8 Å². The van der Waals surface area contributed by atoms with E-state index in [9.17, 15) is 14.0 Å². The van der Waals surface area contributed by atoms with Crippen LogP contribution in [-0.4, -0.2) is 28.1 Å². The molecule has 3 aromatic rings. The van der Waals surface area contributed by atoms with Gasteiger partial charge in [0.2, 0.25) is 5.91 Å². The Kier molecular flexibility index (Phi) is 4.98. The molecule has 0 atom stereocenters. The smallest absolute Gasteiger partial charge is 0.276 e. The van der Waals surface area contributed by atoms with Crippen molar-refractivity contribution in [3.05, 3.63) is 70.3 Å². The molecule has 5 rings (SSSR count). The molecule has 0 radical (unpaired) electrons. The molecule has 1 N–H and O–H groups in total. The number of anilines is 2. The Morgan fingerprint density at radius 3 is 2.58 bits per heavy atom. The summed E-state index contributed by atoms with van der Waals surface area (Å²) in [5, 5.41) is 7.82. The van der Waals surface area contributed by atoms with Gasteiger partial charge < -0.3 is 10.2 Å². The number of nitrogens with zero attached hydrogens (tertiary/aromatic N) is 3. The van der Waals surface area contributed by atoms with E-state index in [0.29, 0.717) is 35.1 Å². The first-order chi connectivity index (χ1) is 15.0. The summed E-state index contributed by atoms with van der Waals surface area (Å²) < 4.78 is 15.0. The third-order valence-corrected chi connectivity index (χ3v) is 6.09. The number of aromatic nitrogens is 2. The van der Waals surface area contributed by atoms with E-state index in [1.54, 1.807) is 39.9 Å². The lowest BCUT2D eigenvalue weighted by atomic mass is 10.2. The molecule has 1 aliphatic heterocycles. The fourth-order valence-electron chi connectivity index (χ4n) is 4.31. The molecule has 8 heteroatoms. The second kappa shape index (κ2) is 7.81. The maximum atomic E-state index is 13.3. The normalized spacial score (nSPS) is 15.4. The molecule has 0 spiro atoms. The van der Waals surface area contributed by atoms with Crippen molar-refractivity contribution >= 4 is 34.8 Å². The van der Waals surface area contributed by atoms with Gasteiger partial charge in [0.15, 0.2) is 5.69 Å². The Morgan fingerprint density at radius 1 is 1.06 bits per heavy atom. The third-order valence-electron chi connectivity index (χ3n) is 5.79. The first-order valence-corrected chi connectivity index (χ1v) is 10.7. The topological polar surface area (TPSA) is 67.2 Å². The first-order valence-electron chi connectivity index (χ1n) is 10.3. The number of amides is 2. The maximum Gasteiger partial charge on any atom is 0.276 e. The quantitative estimate of drug-likeness (QED) is 0.650. The van der Waals surface area contributed by atoms with Gasteiger partial charge in [-0.1, -0.05) is 11.6 Å². The van der Waals surface area contributed by atoms with E-state index in [0.717, 1.165) is 42.6 Å². The molecular weight excluding hydrogens is 419 g/mol. The van der Waals surface area contributed by atoms with Gasteiger partial charge in [-0.25, -0.2) is 9.07 Å². The maximum absolute atomic E-state index is 13.3. The highest BCUT2D eigenvalue weighted by Crippen LogP contribution is 2.33. The van der Waals surface area contributed by atoms with Gasteiger partial charge in [-0.2, -0.15) is 5.10 Å². The van der Waals surface area contributed by atoms with Gasteiger partial charge in [-0.3, -0.25) is 9.59 Å². The fraction of sp³-hybridized carbons (Fsp3) is 0.261. The van der Waals surface area contributed by atoms with Crippen LogP contribution in [0.3, 0.4) is 0 Å². The van der Waals surface area contributed by atoms with Gasteiger partial charge >= 0.3 is 0 Å². The van der Waals surface area contributed by atoms with E-state index in [-0.39, 0.29) is 17.6 Å². The van der Waals surface area contributed by atoms with Crippen molar-refractivity contribution < 1.29 is 14.0 Å². The van der Waals surface area contributed by atoms with Gasteiger partial charge in [0, 0.05) is 29.9 Å². The third kappa shape index (κ3) is 3.59. The van der Waals surface area contributed by atoms with Crippen molar-refractivity contribution in [1.82, 2.24) is 9.78 Å². The number of carbonyl (C=O) groups is 2. The van der Waals surface area contributed by atoms with Crippen molar-refractivity contribution in [3.63, 3.8) is 0 Å². The van der Waals surface area contributed by atoms with Gasteiger partial charge in [-0.05, 0) is 68.1 Å². The lowest BCUT2D eigenvalue weighted by Crippen LogP contribution is -2.24. The fourth-order valence-corrected chi connectivity index (χ4v) is 4.59. The standard InChI is InChI=1S/C23H20ClFN4O2/c24-18-13-15(8-11-20(18)28-12-2-5-21(28)30)26-23(31)22-17-3-1-4-19(17)29(27-22)16-9-6-14(25)7-10-16/h6-11,13H,1-5,12H2,(H,26,31). The molecule has 1 aliphatic carbocycles. The summed E-state index contributed by atoms with van der Waals surface area (Å²) in [7, 11) is 0. The monoisotopic (exact) mass is 438 g/mol. The average Bonchev–Trinajstić information content (AvgIpc) is 3.46. The van der Waals surface area contributed by atoms with Gasteiger partial charge in [-0.15, -0.1) is 0 Å². The Bertz CT molecular complexity index is 1190. The van der Waals surface area contributed by atoms with Crippen LogP contribution in [0.15, 0.2) is 42.5 Å². The number of nitrogens with one attached hydrogen (secondary N) is 1. The molecule has 2 heterocycles. The molecule has 2 aliphatic rings. The molecule has 1 fully saturated rings. The minimum atomic E-state index is -0.319. The van der Waals surface area contributed by atoms with Crippen LogP contribution >= 0.6 is 11.6 Å². The Labute approximate surface area is 183 Å². The molecule has 2 amide bonds. The second-order valence-corrected chi connectivity index (χ2v) is 8.19. The summed E-state index contributed by atoms with van der Waals surface area (Å²) >= 11 is 6.40. The molecular formula is C23H20ClFN4O2. The summed E-state index contributed by atoms with van der Waals surface area (Å²) in [5.74, 6) is -0.581. The molecule has 6 nitrogen and oxygen atoms in total. The van der Waals surface area contributed by atoms with E-state index in [4.69, 9.17) is 11.6 Å². The predicted molar refractivity (Wildman–Crippen MR) is 117 cm³/mol. The van der Waals surface area contributed by atoms with Crippen molar-refractivity contribution in [1.29, 1.82) is 0 Å². The highest BCUT2D eigenvalue weighted by atomic mass is 35.5. The summed E-state index contributed by atoms with van der Waals surface area (Å²) in [6.07, 6.45) is 3.87.